The third-order valence-electron chi connectivity index (χ3n) is 4.78. The van der Waals surface area contributed by atoms with Crippen LogP contribution in [0.1, 0.15) is 23.5 Å². The van der Waals surface area contributed by atoms with E-state index in [9.17, 15) is 23.2 Å². The zero-order valence-electron chi connectivity index (χ0n) is 14.4. The van der Waals surface area contributed by atoms with Crippen LogP contribution in [0.5, 0.6) is 0 Å². The van der Waals surface area contributed by atoms with Crippen LogP contribution in [0.15, 0.2) is 48.5 Å². The average molecular weight is 373 g/mol. The lowest BCUT2D eigenvalue weighted by Crippen LogP contribution is -2.49. The smallest absolute Gasteiger partial charge is 0.241 e. The van der Waals surface area contributed by atoms with Crippen LogP contribution in [0.3, 0.4) is 0 Å². The highest BCUT2D eigenvalue weighted by Crippen LogP contribution is 2.30. The number of halogens is 3. The van der Waals surface area contributed by atoms with Crippen molar-refractivity contribution in [1.29, 1.82) is 5.26 Å². The van der Waals surface area contributed by atoms with Crippen molar-refractivity contribution in [2.24, 2.45) is 5.73 Å². The Morgan fingerprint density at radius 3 is 2.00 bits per heavy atom. The molecule has 4 nitrogen and oxygen atoms in total. The number of nitrogens with two attached hydrogens (primary N) is 1. The van der Waals surface area contributed by atoms with E-state index in [1.54, 1.807) is 0 Å². The van der Waals surface area contributed by atoms with Gasteiger partial charge in [-0.2, -0.15) is 5.26 Å². The van der Waals surface area contributed by atoms with Gasteiger partial charge in [0.15, 0.2) is 0 Å². The molecule has 27 heavy (non-hydrogen) atoms. The topological polar surface area (TPSA) is 70.1 Å². The fourth-order valence-electron chi connectivity index (χ4n) is 3.43. The number of carbonyl (C=O) groups excluding carboxylic acids is 1. The zero-order valence-corrected chi connectivity index (χ0v) is 14.4. The summed E-state index contributed by atoms with van der Waals surface area (Å²) in [6, 6.07) is 10.9. The molecule has 1 aliphatic rings. The SMILES string of the molecule is N#C[C@@H]1C[C@H](F)CN1C(=O)C(N)C(c1ccc(F)cc1)c1ccc(F)cc1. The standard InChI is InChI=1S/C20H18F3N3O/c21-14-5-1-12(2-6-14)18(13-3-7-15(22)8-4-13)19(25)20(27)26-11-16(23)9-17(26)10-24/h1-8,16-19H,9,11,25H2/t16-,17-,19?/m0/s1. The van der Waals surface area contributed by atoms with E-state index in [0.717, 1.165) is 4.90 Å². The number of nitriles is 1. The largest absolute Gasteiger partial charge is 0.322 e. The molecule has 0 aliphatic carbocycles. The van der Waals surface area contributed by atoms with Crippen molar-refractivity contribution >= 4 is 5.91 Å². The second kappa shape index (κ2) is 7.80. The number of carbonyl (C=O) groups is 1. The zero-order chi connectivity index (χ0) is 19.6. The molecular weight excluding hydrogens is 355 g/mol. The summed E-state index contributed by atoms with van der Waals surface area (Å²) in [6.07, 6.45) is -1.33. The van der Waals surface area contributed by atoms with Crippen LogP contribution >= 0.6 is 0 Å². The van der Waals surface area contributed by atoms with Crippen molar-refractivity contribution < 1.29 is 18.0 Å². The molecule has 2 N–H and O–H groups in total. The highest BCUT2D eigenvalue weighted by atomic mass is 19.1. The molecule has 2 aromatic carbocycles. The molecule has 2 aromatic rings. The summed E-state index contributed by atoms with van der Waals surface area (Å²) in [5.41, 5.74) is 7.36. The number of hydrogen-bond donors (Lipinski definition) is 1. The quantitative estimate of drug-likeness (QED) is 0.896. The predicted molar refractivity (Wildman–Crippen MR) is 93.2 cm³/mol. The van der Waals surface area contributed by atoms with Crippen molar-refractivity contribution in [3.05, 3.63) is 71.3 Å². The Kier molecular flexibility index (Phi) is 5.47. The first-order valence-corrected chi connectivity index (χ1v) is 8.51. The van der Waals surface area contributed by atoms with E-state index >= 15 is 0 Å². The molecule has 1 amide bonds. The molecule has 1 unspecified atom stereocenters. The first kappa shape index (κ1) is 18.9. The van der Waals surface area contributed by atoms with Crippen molar-refractivity contribution in [2.75, 3.05) is 6.54 Å². The third-order valence-corrected chi connectivity index (χ3v) is 4.78. The Hall–Kier alpha value is -2.85. The summed E-state index contributed by atoms with van der Waals surface area (Å²) in [6.45, 7) is -0.190. The van der Waals surface area contributed by atoms with Gasteiger partial charge < -0.3 is 10.6 Å². The Balaban J connectivity index is 1.96. The minimum Gasteiger partial charge on any atom is -0.322 e. The van der Waals surface area contributed by atoms with Crippen molar-refractivity contribution in [1.82, 2.24) is 4.90 Å². The fourth-order valence-corrected chi connectivity index (χ4v) is 3.43. The first-order valence-electron chi connectivity index (χ1n) is 8.51. The number of amides is 1. The molecule has 0 bridgehead atoms. The van der Waals surface area contributed by atoms with Crippen LogP contribution in [0, 0.1) is 23.0 Å². The molecule has 0 aromatic heterocycles. The molecule has 0 radical (unpaired) electrons. The van der Waals surface area contributed by atoms with Gasteiger partial charge in [0.25, 0.3) is 0 Å². The molecule has 0 saturated carbocycles. The van der Waals surface area contributed by atoms with Gasteiger partial charge >= 0.3 is 0 Å². The monoisotopic (exact) mass is 373 g/mol. The Morgan fingerprint density at radius 2 is 1.56 bits per heavy atom. The van der Waals surface area contributed by atoms with E-state index in [0.29, 0.717) is 11.1 Å². The summed E-state index contributed by atoms with van der Waals surface area (Å²) < 4.78 is 40.3. The fraction of sp³-hybridized carbons (Fsp3) is 0.300. The van der Waals surface area contributed by atoms with Crippen LogP contribution < -0.4 is 5.73 Å². The third kappa shape index (κ3) is 3.96. The summed E-state index contributed by atoms with van der Waals surface area (Å²) in [5.74, 6) is -2.15. The van der Waals surface area contributed by atoms with Crippen LogP contribution in [0.25, 0.3) is 0 Å². The van der Waals surface area contributed by atoms with Crippen LogP contribution in [0.4, 0.5) is 13.2 Å². The normalized spacial score (nSPS) is 20.5. The Labute approximate surface area is 155 Å². The summed E-state index contributed by atoms with van der Waals surface area (Å²) in [7, 11) is 0. The first-order chi connectivity index (χ1) is 12.9. The van der Waals surface area contributed by atoms with Crippen LogP contribution in [-0.4, -0.2) is 35.6 Å². The van der Waals surface area contributed by atoms with E-state index in [4.69, 9.17) is 5.73 Å². The molecule has 3 rings (SSSR count). The maximum absolute atomic E-state index is 13.7. The van der Waals surface area contributed by atoms with E-state index in [-0.39, 0.29) is 13.0 Å². The summed E-state index contributed by atoms with van der Waals surface area (Å²) in [4.78, 5) is 14.1. The highest BCUT2D eigenvalue weighted by Gasteiger charge is 2.40. The van der Waals surface area contributed by atoms with Gasteiger partial charge in [-0.05, 0) is 35.4 Å². The minimum atomic E-state index is -1.28. The lowest BCUT2D eigenvalue weighted by atomic mass is 9.84. The van der Waals surface area contributed by atoms with Gasteiger partial charge in [0.2, 0.25) is 5.91 Å². The lowest BCUT2D eigenvalue weighted by molar-refractivity contribution is -0.133. The second-order valence-corrected chi connectivity index (χ2v) is 6.58. The van der Waals surface area contributed by atoms with E-state index in [1.165, 1.54) is 48.5 Å². The number of nitrogens with zero attached hydrogens (tertiary/aromatic N) is 2. The van der Waals surface area contributed by atoms with Crippen molar-refractivity contribution in [3.63, 3.8) is 0 Å². The number of hydrogen-bond acceptors (Lipinski definition) is 3. The van der Waals surface area contributed by atoms with E-state index in [1.807, 2.05) is 6.07 Å². The molecule has 0 spiro atoms. The molecule has 3 atom stereocenters. The Morgan fingerprint density at radius 1 is 1.07 bits per heavy atom. The van der Waals surface area contributed by atoms with Gasteiger partial charge in [0.1, 0.15) is 23.8 Å². The highest BCUT2D eigenvalue weighted by molar-refractivity contribution is 5.84. The summed E-state index contributed by atoms with van der Waals surface area (Å²) >= 11 is 0. The molecule has 1 heterocycles. The Bertz CT molecular complexity index is 803. The number of alkyl halides is 1. The van der Waals surface area contributed by atoms with Gasteiger partial charge in [0, 0.05) is 12.3 Å². The van der Waals surface area contributed by atoms with Crippen molar-refractivity contribution in [2.45, 2.75) is 30.6 Å². The van der Waals surface area contributed by atoms with Gasteiger partial charge in [-0.25, -0.2) is 13.2 Å². The van der Waals surface area contributed by atoms with Gasteiger partial charge in [0.05, 0.1) is 18.7 Å². The molecule has 140 valence electrons. The average Bonchev–Trinajstić information content (AvgIpc) is 3.05. The van der Waals surface area contributed by atoms with Gasteiger partial charge in [-0.15, -0.1) is 0 Å². The molecule has 1 aliphatic heterocycles. The van der Waals surface area contributed by atoms with E-state index in [2.05, 4.69) is 0 Å². The number of rotatable bonds is 4. The molecule has 1 fully saturated rings. The van der Waals surface area contributed by atoms with Gasteiger partial charge in [-0.1, -0.05) is 24.3 Å². The molecular formula is C20H18F3N3O. The maximum Gasteiger partial charge on any atom is 0.241 e. The van der Waals surface area contributed by atoms with E-state index < -0.39 is 41.7 Å². The lowest BCUT2D eigenvalue weighted by Gasteiger charge is -2.29. The summed E-state index contributed by atoms with van der Waals surface area (Å²) in [5, 5.41) is 9.18. The van der Waals surface area contributed by atoms with Crippen LogP contribution in [-0.2, 0) is 4.79 Å². The van der Waals surface area contributed by atoms with Crippen LogP contribution in [0.2, 0.25) is 0 Å². The van der Waals surface area contributed by atoms with Gasteiger partial charge in [-0.3, -0.25) is 4.79 Å². The minimum absolute atomic E-state index is 0.0489. The second-order valence-electron chi connectivity index (χ2n) is 6.58. The number of benzene rings is 2. The molecule has 1 saturated heterocycles. The van der Waals surface area contributed by atoms with Crippen molar-refractivity contribution in [3.8, 4) is 6.07 Å². The number of likely N-dealkylation sites (tertiary alicyclic amines) is 1. The maximum atomic E-state index is 13.7. The molecule has 7 heteroatoms. The predicted octanol–water partition coefficient (Wildman–Crippen LogP) is 2.89.